The van der Waals surface area contributed by atoms with Crippen LogP contribution in [0.15, 0.2) is 127 Å². The molecule has 0 aliphatic rings. The van der Waals surface area contributed by atoms with Crippen LogP contribution in [0.3, 0.4) is 0 Å². The molecule has 5 aromatic rings. The van der Waals surface area contributed by atoms with Gasteiger partial charge in [0.25, 0.3) is 0 Å². The van der Waals surface area contributed by atoms with Crippen LogP contribution in [0.4, 0.5) is 0 Å². The first-order valence-electron chi connectivity index (χ1n) is 16.7. The molecule has 5 rings (SSSR count). The molecule has 0 amide bonds. The van der Waals surface area contributed by atoms with E-state index in [0.29, 0.717) is 0 Å². The first-order chi connectivity index (χ1) is 21.8. The third kappa shape index (κ3) is 8.50. The molecule has 0 atom stereocenters. The van der Waals surface area contributed by atoms with E-state index in [4.69, 9.17) is 0 Å². The van der Waals surface area contributed by atoms with Crippen molar-refractivity contribution in [3.05, 3.63) is 172 Å². The Morgan fingerprint density at radius 2 is 1.02 bits per heavy atom. The number of aryl methyl sites for hydroxylation is 2. The van der Waals surface area contributed by atoms with Crippen molar-refractivity contribution in [3.8, 4) is 0 Å². The lowest BCUT2D eigenvalue weighted by Gasteiger charge is -2.26. The van der Waals surface area contributed by atoms with Crippen molar-refractivity contribution in [2.45, 2.75) is 65.6 Å². The highest BCUT2D eigenvalue weighted by atomic mass is 28.3. The molecule has 0 N–H and O–H groups in total. The lowest BCUT2D eigenvalue weighted by Crippen LogP contribution is -2.43. The molecule has 0 unspecified atom stereocenters. The van der Waals surface area contributed by atoms with Crippen molar-refractivity contribution in [1.82, 2.24) is 0 Å². The number of unbranched alkanes of at least 4 members (excludes halogenated alkanes) is 3. The Balaban J connectivity index is 1.67. The van der Waals surface area contributed by atoms with Gasteiger partial charge in [0.15, 0.2) is 0 Å². The van der Waals surface area contributed by atoms with Gasteiger partial charge in [-0.15, -0.1) is 0 Å². The molecule has 0 aliphatic heterocycles. The van der Waals surface area contributed by atoms with Gasteiger partial charge in [0, 0.05) is 0 Å². The molecule has 0 spiro atoms. The summed E-state index contributed by atoms with van der Waals surface area (Å²) in [6.45, 7) is 11.8. The van der Waals surface area contributed by atoms with E-state index in [2.05, 4.69) is 173 Å². The molecule has 0 heterocycles. The SMILES string of the molecule is CCCCCC[Si](C)(C)c1cc(/C=C(\c2ccccc2)c2ccc(C)cc2)ccc1/C=C(\c1ccccc1)c1ccc(C)cc1. The molecule has 228 valence electrons. The zero-order valence-electron chi connectivity index (χ0n) is 27.8. The van der Waals surface area contributed by atoms with E-state index in [1.54, 1.807) is 5.19 Å². The second kappa shape index (κ2) is 15.2. The van der Waals surface area contributed by atoms with Crippen LogP contribution in [0.2, 0.25) is 19.1 Å². The van der Waals surface area contributed by atoms with E-state index in [9.17, 15) is 0 Å². The zero-order chi connectivity index (χ0) is 31.6. The second-order valence-electron chi connectivity index (χ2n) is 13.1. The topological polar surface area (TPSA) is 0 Å². The highest BCUT2D eigenvalue weighted by molar-refractivity contribution is 6.90. The van der Waals surface area contributed by atoms with E-state index in [1.807, 2.05) is 0 Å². The highest BCUT2D eigenvalue weighted by Crippen LogP contribution is 2.30. The van der Waals surface area contributed by atoms with Crippen molar-refractivity contribution >= 4 is 36.6 Å². The van der Waals surface area contributed by atoms with Crippen LogP contribution in [-0.4, -0.2) is 8.07 Å². The Labute approximate surface area is 273 Å². The number of hydrogen-bond donors (Lipinski definition) is 0. The highest BCUT2D eigenvalue weighted by Gasteiger charge is 2.26. The summed E-state index contributed by atoms with van der Waals surface area (Å²) in [5.41, 5.74) is 12.7. The summed E-state index contributed by atoms with van der Waals surface area (Å²) < 4.78 is 0. The van der Waals surface area contributed by atoms with Crippen LogP contribution in [0, 0.1) is 13.8 Å². The number of rotatable bonds is 12. The molecule has 0 fully saturated rings. The number of benzene rings is 5. The molecule has 0 aromatic heterocycles. The maximum Gasteiger partial charge on any atom is 0.0814 e. The summed E-state index contributed by atoms with van der Waals surface area (Å²) >= 11 is 0. The van der Waals surface area contributed by atoms with Crippen molar-refractivity contribution in [3.63, 3.8) is 0 Å². The Bertz CT molecular complexity index is 1720. The van der Waals surface area contributed by atoms with E-state index in [1.165, 1.54) is 87.4 Å². The van der Waals surface area contributed by atoms with Gasteiger partial charge in [-0.2, -0.15) is 0 Å². The fraction of sp³-hybridized carbons (Fsp3) is 0.227. The van der Waals surface area contributed by atoms with Gasteiger partial charge in [-0.05, 0) is 70.5 Å². The van der Waals surface area contributed by atoms with Crippen molar-refractivity contribution < 1.29 is 0 Å². The monoisotopic (exact) mass is 604 g/mol. The molecule has 0 nitrogen and oxygen atoms in total. The fourth-order valence-corrected chi connectivity index (χ4v) is 9.09. The van der Waals surface area contributed by atoms with Gasteiger partial charge in [-0.1, -0.05) is 195 Å². The van der Waals surface area contributed by atoms with Gasteiger partial charge in [0.1, 0.15) is 0 Å². The maximum atomic E-state index is 2.57. The van der Waals surface area contributed by atoms with Gasteiger partial charge in [-0.3, -0.25) is 0 Å². The predicted molar refractivity (Wildman–Crippen MR) is 202 cm³/mol. The van der Waals surface area contributed by atoms with Gasteiger partial charge in [0.05, 0.1) is 8.07 Å². The third-order valence-corrected chi connectivity index (χ3v) is 12.5. The molecule has 0 radical (unpaired) electrons. The molecule has 0 bridgehead atoms. The van der Waals surface area contributed by atoms with Crippen molar-refractivity contribution in [2.24, 2.45) is 0 Å². The van der Waals surface area contributed by atoms with Crippen molar-refractivity contribution in [1.29, 1.82) is 0 Å². The summed E-state index contributed by atoms with van der Waals surface area (Å²) in [6, 6.07) is 48.2. The minimum Gasteiger partial charge on any atom is -0.0654 e. The second-order valence-corrected chi connectivity index (χ2v) is 17.9. The smallest absolute Gasteiger partial charge is 0.0654 e. The van der Waals surface area contributed by atoms with Crippen LogP contribution < -0.4 is 5.19 Å². The van der Waals surface area contributed by atoms with Gasteiger partial charge in [-0.25, -0.2) is 0 Å². The minimum atomic E-state index is -1.77. The van der Waals surface area contributed by atoms with Crippen LogP contribution in [0.1, 0.15) is 77.1 Å². The van der Waals surface area contributed by atoms with Gasteiger partial charge >= 0.3 is 0 Å². The predicted octanol–water partition coefficient (Wildman–Crippen LogP) is 12.0. The molecule has 0 saturated heterocycles. The van der Waals surface area contributed by atoms with Crippen LogP contribution in [-0.2, 0) is 0 Å². The Morgan fingerprint density at radius 3 is 1.53 bits per heavy atom. The summed E-state index contributed by atoms with van der Waals surface area (Å²) in [7, 11) is -1.77. The third-order valence-electron chi connectivity index (χ3n) is 8.97. The fourth-order valence-electron chi connectivity index (χ4n) is 6.19. The van der Waals surface area contributed by atoms with Gasteiger partial charge in [0.2, 0.25) is 0 Å². The zero-order valence-corrected chi connectivity index (χ0v) is 28.8. The van der Waals surface area contributed by atoms with E-state index < -0.39 is 8.07 Å². The average Bonchev–Trinajstić information content (AvgIpc) is 3.06. The first kappa shape index (κ1) is 32.2. The molecule has 5 aromatic carbocycles. The molecule has 0 aliphatic carbocycles. The summed E-state index contributed by atoms with van der Waals surface area (Å²) in [5.74, 6) is 0. The standard InChI is InChI=1S/C44H48Si/c1-6-7-8-15-30-45(4,5)44-32-36(31-42(37-16-11-9-12-17-37)39-25-20-34(2)21-26-39)24-29-41(44)33-43(38-18-13-10-14-19-38)40-27-22-35(3)23-28-40/h9-14,16-29,31-33H,6-8,15,30H2,1-5H3/b42-31+,43-33+. The molecular weight excluding hydrogens is 557 g/mol. The van der Waals surface area contributed by atoms with E-state index in [0.717, 1.165) is 0 Å². The van der Waals surface area contributed by atoms with Crippen molar-refractivity contribution in [2.75, 3.05) is 0 Å². The first-order valence-corrected chi connectivity index (χ1v) is 19.9. The lowest BCUT2D eigenvalue weighted by molar-refractivity contribution is 0.697. The molecule has 0 saturated carbocycles. The summed E-state index contributed by atoms with van der Waals surface area (Å²) in [4.78, 5) is 0. The Kier molecular flexibility index (Phi) is 10.9. The van der Waals surface area contributed by atoms with Crippen LogP contribution in [0.5, 0.6) is 0 Å². The summed E-state index contributed by atoms with van der Waals surface area (Å²) in [6.07, 6.45) is 10.1. The summed E-state index contributed by atoms with van der Waals surface area (Å²) in [5, 5.41) is 1.55. The average molecular weight is 605 g/mol. The molecular formula is C44H48Si. The lowest BCUT2D eigenvalue weighted by atomic mass is 9.93. The van der Waals surface area contributed by atoms with Crippen LogP contribution in [0.25, 0.3) is 23.3 Å². The Hall–Kier alpha value is -4.20. The minimum absolute atomic E-state index is 1.24. The normalized spacial score (nSPS) is 12.4. The van der Waals surface area contributed by atoms with E-state index >= 15 is 0 Å². The quantitative estimate of drug-likeness (QED) is 0.0755. The maximum absolute atomic E-state index is 2.57. The number of hydrogen-bond acceptors (Lipinski definition) is 0. The Morgan fingerprint density at radius 1 is 0.533 bits per heavy atom. The molecule has 1 heteroatoms. The van der Waals surface area contributed by atoms with Gasteiger partial charge < -0.3 is 0 Å². The van der Waals surface area contributed by atoms with E-state index in [-0.39, 0.29) is 0 Å². The largest absolute Gasteiger partial charge is 0.0814 e. The van der Waals surface area contributed by atoms with Crippen LogP contribution >= 0.6 is 0 Å². The molecule has 45 heavy (non-hydrogen) atoms.